The van der Waals surface area contributed by atoms with Crippen molar-refractivity contribution in [3.8, 4) is 11.5 Å². The minimum atomic E-state index is -0.426. The van der Waals surface area contributed by atoms with Crippen LogP contribution < -0.4 is 10.2 Å². The van der Waals surface area contributed by atoms with E-state index in [9.17, 15) is 4.79 Å². The summed E-state index contributed by atoms with van der Waals surface area (Å²) >= 11 is 1.29. The minimum Gasteiger partial charge on any atom is -0.411 e. The molecule has 1 aromatic heterocycles. The summed E-state index contributed by atoms with van der Waals surface area (Å²) in [6.45, 7) is 6.20. The number of thioether (sulfide) groups is 1. The summed E-state index contributed by atoms with van der Waals surface area (Å²) in [4.78, 5) is 15.1. The number of carbonyl (C=O) groups excluding carboxylic acids is 1. The average molecular weight is 423 g/mol. The Morgan fingerprint density at radius 2 is 1.80 bits per heavy atom. The SMILES string of the molecule is CCN(CC)c1ccc(-c2nnc(SC(C(=O)NC3CC3)c3ccccc3)o2)cc1. The zero-order chi connectivity index (χ0) is 20.9. The van der Waals surface area contributed by atoms with Crippen molar-refractivity contribution in [2.24, 2.45) is 0 Å². The molecule has 7 heteroatoms. The van der Waals surface area contributed by atoms with E-state index in [4.69, 9.17) is 4.42 Å². The van der Waals surface area contributed by atoms with Crippen LogP contribution in [0.15, 0.2) is 64.2 Å². The molecule has 2 aromatic carbocycles. The minimum absolute atomic E-state index is 0.0166. The van der Waals surface area contributed by atoms with Gasteiger partial charge in [-0.25, -0.2) is 0 Å². The van der Waals surface area contributed by atoms with E-state index < -0.39 is 5.25 Å². The summed E-state index contributed by atoms with van der Waals surface area (Å²) in [6.07, 6.45) is 2.10. The van der Waals surface area contributed by atoms with Crippen LogP contribution in [0.4, 0.5) is 5.69 Å². The van der Waals surface area contributed by atoms with Gasteiger partial charge in [-0.2, -0.15) is 0 Å². The van der Waals surface area contributed by atoms with Crippen LogP contribution in [0, 0.1) is 0 Å². The third kappa shape index (κ3) is 4.84. The van der Waals surface area contributed by atoms with E-state index in [1.54, 1.807) is 0 Å². The fourth-order valence-corrected chi connectivity index (χ4v) is 4.17. The first-order chi connectivity index (χ1) is 14.7. The lowest BCUT2D eigenvalue weighted by Crippen LogP contribution is -2.29. The molecule has 156 valence electrons. The molecule has 0 aliphatic heterocycles. The van der Waals surface area contributed by atoms with Gasteiger partial charge >= 0.3 is 0 Å². The summed E-state index contributed by atoms with van der Waals surface area (Å²) in [5.41, 5.74) is 2.95. The van der Waals surface area contributed by atoms with Gasteiger partial charge in [0.25, 0.3) is 5.22 Å². The van der Waals surface area contributed by atoms with Gasteiger partial charge in [0, 0.05) is 30.4 Å². The largest absolute Gasteiger partial charge is 0.411 e. The Morgan fingerprint density at radius 1 is 1.10 bits per heavy atom. The summed E-state index contributed by atoms with van der Waals surface area (Å²) in [5.74, 6) is 0.440. The van der Waals surface area contributed by atoms with Crippen LogP contribution in [0.1, 0.15) is 37.5 Å². The van der Waals surface area contributed by atoms with Crippen molar-refractivity contribution >= 4 is 23.4 Å². The number of anilines is 1. The van der Waals surface area contributed by atoms with E-state index >= 15 is 0 Å². The number of hydrogen-bond donors (Lipinski definition) is 1. The molecule has 1 N–H and O–H groups in total. The highest BCUT2D eigenvalue weighted by molar-refractivity contribution is 8.00. The van der Waals surface area contributed by atoms with Gasteiger partial charge in [0.05, 0.1) is 0 Å². The molecule has 0 saturated heterocycles. The molecule has 1 saturated carbocycles. The number of carbonyl (C=O) groups is 1. The Kier molecular flexibility index (Phi) is 6.38. The smallest absolute Gasteiger partial charge is 0.277 e. The van der Waals surface area contributed by atoms with E-state index in [2.05, 4.69) is 46.4 Å². The number of benzene rings is 2. The highest BCUT2D eigenvalue weighted by Gasteiger charge is 2.30. The number of nitrogens with zero attached hydrogens (tertiary/aromatic N) is 3. The van der Waals surface area contributed by atoms with Crippen LogP contribution in [0.3, 0.4) is 0 Å². The van der Waals surface area contributed by atoms with Gasteiger partial charge < -0.3 is 14.6 Å². The Bertz CT molecular complexity index is 966. The molecule has 0 radical (unpaired) electrons. The summed E-state index contributed by atoms with van der Waals surface area (Å²) in [5, 5.41) is 11.4. The number of amides is 1. The number of nitrogens with one attached hydrogen (secondary N) is 1. The predicted molar refractivity (Wildman–Crippen MR) is 119 cm³/mol. The molecule has 1 atom stereocenters. The summed E-state index contributed by atoms with van der Waals surface area (Å²) < 4.78 is 5.89. The van der Waals surface area contributed by atoms with Gasteiger partial charge in [-0.15, -0.1) is 10.2 Å². The molecule has 1 aliphatic rings. The Balaban J connectivity index is 1.51. The molecule has 1 aliphatic carbocycles. The van der Waals surface area contributed by atoms with Crippen molar-refractivity contribution in [3.05, 3.63) is 60.2 Å². The van der Waals surface area contributed by atoms with E-state index in [1.165, 1.54) is 17.4 Å². The Hall–Kier alpha value is -2.80. The third-order valence-corrected chi connectivity index (χ3v) is 6.22. The fourth-order valence-electron chi connectivity index (χ4n) is 3.28. The first kappa shape index (κ1) is 20.5. The van der Waals surface area contributed by atoms with Gasteiger partial charge in [-0.05, 0) is 68.3 Å². The second-order valence-electron chi connectivity index (χ2n) is 7.28. The van der Waals surface area contributed by atoms with E-state index in [-0.39, 0.29) is 5.91 Å². The molecule has 1 heterocycles. The Morgan fingerprint density at radius 3 is 2.43 bits per heavy atom. The zero-order valence-corrected chi connectivity index (χ0v) is 18.1. The molecule has 1 unspecified atom stereocenters. The van der Waals surface area contributed by atoms with Gasteiger partial charge in [-0.1, -0.05) is 30.3 Å². The summed E-state index contributed by atoms with van der Waals surface area (Å²) in [6, 6.07) is 18.1. The molecule has 4 rings (SSSR count). The van der Waals surface area contributed by atoms with Crippen LogP contribution in [-0.2, 0) is 4.79 Å². The van der Waals surface area contributed by atoms with Crippen molar-refractivity contribution in [1.82, 2.24) is 15.5 Å². The predicted octanol–water partition coefficient (Wildman–Crippen LogP) is 4.69. The van der Waals surface area contributed by atoms with Crippen LogP contribution in [0.25, 0.3) is 11.5 Å². The molecule has 3 aromatic rings. The maximum atomic E-state index is 12.8. The van der Waals surface area contributed by atoms with Gasteiger partial charge in [0.2, 0.25) is 11.8 Å². The normalized spacial score (nSPS) is 14.3. The van der Waals surface area contributed by atoms with E-state index in [1.807, 2.05) is 42.5 Å². The van der Waals surface area contributed by atoms with Crippen LogP contribution in [0.5, 0.6) is 0 Å². The van der Waals surface area contributed by atoms with E-state index in [0.717, 1.165) is 37.1 Å². The first-order valence-electron chi connectivity index (χ1n) is 10.4. The lowest BCUT2D eigenvalue weighted by atomic mass is 10.1. The van der Waals surface area contributed by atoms with E-state index in [0.29, 0.717) is 17.2 Å². The first-order valence-corrected chi connectivity index (χ1v) is 11.3. The summed E-state index contributed by atoms with van der Waals surface area (Å²) in [7, 11) is 0. The van der Waals surface area contributed by atoms with Crippen LogP contribution in [0.2, 0.25) is 0 Å². The van der Waals surface area contributed by atoms with Crippen LogP contribution >= 0.6 is 11.8 Å². The maximum absolute atomic E-state index is 12.8. The molecule has 0 bridgehead atoms. The molecule has 1 amide bonds. The molecule has 6 nitrogen and oxygen atoms in total. The van der Waals surface area contributed by atoms with Crippen molar-refractivity contribution in [1.29, 1.82) is 0 Å². The van der Waals surface area contributed by atoms with Gasteiger partial charge in [0.15, 0.2) is 0 Å². The highest BCUT2D eigenvalue weighted by atomic mass is 32.2. The standard InChI is InChI=1S/C23H26N4O2S/c1-3-27(4-2)19-14-10-17(11-15-19)22-25-26-23(29-22)30-20(16-8-6-5-7-9-16)21(28)24-18-12-13-18/h5-11,14-15,18,20H,3-4,12-13H2,1-2H3,(H,24,28). The monoisotopic (exact) mass is 422 g/mol. The van der Waals surface area contributed by atoms with Crippen LogP contribution in [-0.4, -0.2) is 35.2 Å². The second kappa shape index (κ2) is 9.34. The molecule has 1 fully saturated rings. The zero-order valence-electron chi connectivity index (χ0n) is 17.2. The number of hydrogen-bond acceptors (Lipinski definition) is 6. The second-order valence-corrected chi connectivity index (χ2v) is 8.34. The topological polar surface area (TPSA) is 71.3 Å². The van der Waals surface area contributed by atoms with Gasteiger partial charge in [-0.3, -0.25) is 4.79 Å². The van der Waals surface area contributed by atoms with Crippen molar-refractivity contribution < 1.29 is 9.21 Å². The third-order valence-electron chi connectivity index (χ3n) is 5.13. The van der Waals surface area contributed by atoms with Crippen molar-refractivity contribution in [2.45, 2.75) is 43.2 Å². The average Bonchev–Trinajstić information content (AvgIpc) is 3.47. The molecule has 30 heavy (non-hydrogen) atoms. The lowest BCUT2D eigenvalue weighted by Gasteiger charge is -2.20. The molecular weight excluding hydrogens is 396 g/mol. The molecule has 0 spiro atoms. The van der Waals surface area contributed by atoms with Gasteiger partial charge in [0.1, 0.15) is 5.25 Å². The molecular formula is C23H26N4O2S. The number of rotatable bonds is 9. The quantitative estimate of drug-likeness (QED) is 0.504. The highest BCUT2D eigenvalue weighted by Crippen LogP contribution is 2.37. The van der Waals surface area contributed by atoms with Crippen molar-refractivity contribution in [3.63, 3.8) is 0 Å². The van der Waals surface area contributed by atoms with Crippen molar-refractivity contribution in [2.75, 3.05) is 18.0 Å². The lowest BCUT2D eigenvalue weighted by molar-refractivity contribution is -0.120. The number of aromatic nitrogens is 2. The Labute approximate surface area is 181 Å². The fraction of sp³-hybridized carbons (Fsp3) is 0.348. The maximum Gasteiger partial charge on any atom is 0.277 e.